The third-order valence-electron chi connectivity index (χ3n) is 1.91. The Morgan fingerprint density at radius 1 is 1.38 bits per heavy atom. The van der Waals surface area contributed by atoms with Crippen LogP contribution in [0.5, 0.6) is 0 Å². The molecule has 0 aliphatic heterocycles. The van der Waals surface area contributed by atoms with E-state index in [0.29, 0.717) is 0 Å². The van der Waals surface area contributed by atoms with Crippen LogP contribution >= 0.6 is 31.9 Å². The maximum absolute atomic E-state index is 10.8. The van der Waals surface area contributed by atoms with Crippen molar-refractivity contribution in [2.75, 3.05) is 0 Å². The number of benzene rings is 1. The fraction of sp³-hybridized carbons (Fsp3) is 0.300. The van der Waals surface area contributed by atoms with E-state index in [1.165, 1.54) is 5.56 Å². The largest absolute Gasteiger partial charge is 0.300 e. The molecule has 0 saturated heterocycles. The summed E-state index contributed by atoms with van der Waals surface area (Å²) in [5, 5.41) is 0. The molecule has 70 valence electrons. The summed E-state index contributed by atoms with van der Waals surface area (Å²) in [6.07, 6.45) is 1.77. The highest BCUT2D eigenvalue weighted by molar-refractivity contribution is 9.25. The molecule has 3 heteroatoms. The fourth-order valence-corrected chi connectivity index (χ4v) is 1.99. The number of rotatable bonds is 3. The summed E-state index contributed by atoms with van der Waals surface area (Å²) in [6, 6.07) is 7.87. The number of carbonyl (C=O) groups excluding carboxylic acids is 1. The van der Waals surface area contributed by atoms with Crippen molar-refractivity contribution in [3.8, 4) is 0 Å². The Bertz CT molecular complexity index is 308. The van der Waals surface area contributed by atoms with Gasteiger partial charge in [0.1, 0.15) is 0 Å². The van der Waals surface area contributed by atoms with Crippen LogP contribution in [0.4, 0.5) is 0 Å². The van der Waals surface area contributed by atoms with Crippen LogP contribution < -0.4 is 0 Å². The number of hydrogen-bond donors (Lipinski definition) is 0. The van der Waals surface area contributed by atoms with Crippen molar-refractivity contribution in [1.29, 1.82) is 0 Å². The highest BCUT2D eigenvalue weighted by Crippen LogP contribution is 2.37. The highest BCUT2D eigenvalue weighted by Gasteiger charge is 2.26. The van der Waals surface area contributed by atoms with E-state index in [0.717, 1.165) is 18.3 Å². The number of hydrogen-bond acceptors (Lipinski definition) is 1. The normalized spacial score (nSPS) is 11.3. The van der Waals surface area contributed by atoms with Crippen molar-refractivity contribution in [2.24, 2.45) is 0 Å². The molecule has 1 rings (SSSR count). The lowest BCUT2D eigenvalue weighted by molar-refractivity contribution is -0.107. The maximum Gasteiger partial charge on any atom is 0.160 e. The van der Waals surface area contributed by atoms with E-state index in [1.54, 1.807) is 0 Å². The van der Waals surface area contributed by atoms with Crippen LogP contribution in [0.25, 0.3) is 0 Å². The van der Waals surface area contributed by atoms with E-state index >= 15 is 0 Å². The maximum atomic E-state index is 10.8. The van der Waals surface area contributed by atoms with Gasteiger partial charge in [-0.15, -0.1) is 0 Å². The fourth-order valence-electron chi connectivity index (χ4n) is 1.22. The summed E-state index contributed by atoms with van der Waals surface area (Å²) < 4.78 is -0.730. The molecule has 0 aliphatic rings. The first-order valence-electron chi connectivity index (χ1n) is 4.04. The van der Waals surface area contributed by atoms with Crippen LogP contribution in [0.3, 0.4) is 0 Å². The van der Waals surface area contributed by atoms with Crippen molar-refractivity contribution in [1.82, 2.24) is 0 Å². The van der Waals surface area contributed by atoms with E-state index < -0.39 is 3.23 Å². The number of aryl methyl sites for hydroxylation is 1. The van der Waals surface area contributed by atoms with Crippen LogP contribution in [-0.2, 0) is 14.4 Å². The molecule has 13 heavy (non-hydrogen) atoms. The Labute approximate surface area is 94.8 Å². The summed E-state index contributed by atoms with van der Waals surface area (Å²) >= 11 is 6.66. The second kappa shape index (κ2) is 4.38. The lowest BCUT2D eigenvalue weighted by Gasteiger charge is -2.16. The first-order valence-corrected chi connectivity index (χ1v) is 5.63. The molecule has 0 aliphatic carbocycles. The Morgan fingerprint density at radius 2 is 2.00 bits per heavy atom. The average molecular weight is 306 g/mol. The van der Waals surface area contributed by atoms with Gasteiger partial charge in [-0.3, -0.25) is 0 Å². The Balaban J connectivity index is 3.20. The summed E-state index contributed by atoms with van der Waals surface area (Å²) in [5.41, 5.74) is 2.15. The summed E-state index contributed by atoms with van der Waals surface area (Å²) in [7, 11) is 0. The molecule has 0 fully saturated rings. The molecule has 0 atom stereocenters. The van der Waals surface area contributed by atoms with Crippen molar-refractivity contribution < 1.29 is 4.79 Å². The monoisotopic (exact) mass is 304 g/mol. The topological polar surface area (TPSA) is 17.1 Å². The molecule has 1 aromatic carbocycles. The summed E-state index contributed by atoms with van der Waals surface area (Å²) in [6.45, 7) is 2.07. The van der Waals surface area contributed by atoms with Crippen LogP contribution in [0.1, 0.15) is 18.1 Å². The van der Waals surface area contributed by atoms with E-state index in [2.05, 4.69) is 38.8 Å². The summed E-state index contributed by atoms with van der Waals surface area (Å²) in [4.78, 5) is 10.8. The van der Waals surface area contributed by atoms with Gasteiger partial charge in [-0.1, -0.05) is 63.0 Å². The zero-order chi connectivity index (χ0) is 9.90. The quantitative estimate of drug-likeness (QED) is 0.618. The van der Waals surface area contributed by atoms with E-state index in [-0.39, 0.29) is 0 Å². The molecule has 0 unspecified atom stereocenters. The van der Waals surface area contributed by atoms with E-state index in [4.69, 9.17) is 0 Å². The Kier molecular flexibility index (Phi) is 3.68. The molecule has 1 aromatic rings. The standard InChI is InChI=1S/C10H10Br2O/c1-2-8-5-3-4-6-9(8)10(11,12)7-13/h3-7H,2H2,1H3. The first-order chi connectivity index (χ1) is 6.11. The number of carbonyl (C=O) groups is 1. The molecule has 0 N–H and O–H groups in total. The second-order valence-corrected chi connectivity index (χ2v) is 6.32. The zero-order valence-electron chi connectivity index (χ0n) is 7.26. The van der Waals surface area contributed by atoms with Gasteiger partial charge in [-0.2, -0.15) is 0 Å². The van der Waals surface area contributed by atoms with E-state index in [1.807, 2.05) is 24.3 Å². The lowest BCUT2D eigenvalue weighted by atomic mass is 10.0. The minimum absolute atomic E-state index is 0.730. The number of alkyl halides is 2. The minimum atomic E-state index is -0.730. The lowest BCUT2D eigenvalue weighted by Crippen LogP contribution is -2.12. The molecule has 0 heterocycles. The SMILES string of the molecule is CCc1ccccc1C(Br)(Br)C=O. The van der Waals surface area contributed by atoms with Gasteiger partial charge < -0.3 is 4.79 Å². The number of halogens is 2. The second-order valence-electron chi connectivity index (χ2n) is 2.75. The van der Waals surface area contributed by atoms with Gasteiger partial charge in [0.15, 0.2) is 9.52 Å². The summed E-state index contributed by atoms with van der Waals surface area (Å²) in [5.74, 6) is 0. The highest BCUT2D eigenvalue weighted by atomic mass is 79.9. The van der Waals surface area contributed by atoms with E-state index in [9.17, 15) is 4.79 Å². The number of aldehydes is 1. The predicted molar refractivity (Wildman–Crippen MR) is 61.4 cm³/mol. The van der Waals surface area contributed by atoms with Crippen LogP contribution in [0.15, 0.2) is 24.3 Å². The molecular formula is C10H10Br2O. The van der Waals surface area contributed by atoms with Crippen LogP contribution in [0.2, 0.25) is 0 Å². The van der Waals surface area contributed by atoms with Gasteiger partial charge in [0.05, 0.1) is 0 Å². The smallest absolute Gasteiger partial charge is 0.160 e. The van der Waals surface area contributed by atoms with Crippen LogP contribution in [-0.4, -0.2) is 6.29 Å². The predicted octanol–water partition coefficient (Wildman–Crippen LogP) is 3.39. The average Bonchev–Trinajstić information content (AvgIpc) is 2.18. The first kappa shape index (κ1) is 10.9. The van der Waals surface area contributed by atoms with Crippen molar-refractivity contribution in [3.05, 3.63) is 35.4 Å². The van der Waals surface area contributed by atoms with Crippen molar-refractivity contribution in [2.45, 2.75) is 16.6 Å². The Morgan fingerprint density at radius 3 is 2.54 bits per heavy atom. The molecule has 0 saturated carbocycles. The molecule has 0 spiro atoms. The molecule has 0 radical (unpaired) electrons. The molecule has 0 aromatic heterocycles. The third kappa shape index (κ3) is 2.41. The van der Waals surface area contributed by atoms with Gasteiger partial charge in [-0.05, 0) is 17.5 Å². The van der Waals surface area contributed by atoms with Gasteiger partial charge in [0, 0.05) is 0 Å². The molecule has 0 bridgehead atoms. The van der Waals surface area contributed by atoms with Gasteiger partial charge in [0.2, 0.25) is 0 Å². The zero-order valence-corrected chi connectivity index (χ0v) is 10.4. The van der Waals surface area contributed by atoms with Gasteiger partial charge in [0.25, 0.3) is 0 Å². The minimum Gasteiger partial charge on any atom is -0.300 e. The van der Waals surface area contributed by atoms with Gasteiger partial charge in [-0.25, -0.2) is 0 Å². The Hall–Kier alpha value is -0.150. The van der Waals surface area contributed by atoms with Crippen LogP contribution in [0, 0.1) is 0 Å². The molecular weight excluding hydrogens is 296 g/mol. The molecule has 0 amide bonds. The third-order valence-corrected chi connectivity index (χ3v) is 3.13. The van der Waals surface area contributed by atoms with Crippen molar-refractivity contribution >= 4 is 38.1 Å². The molecule has 1 nitrogen and oxygen atoms in total. The van der Waals surface area contributed by atoms with Crippen molar-refractivity contribution in [3.63, 3.8) is 0 Å². The van der Waals surface area contributed by atoms with Gasteiger partial charge >= 0.3 is 0 Å².